The van der Waals surface area contributed by atoms with Crippen molar-refractivity contribution in [2.75, 3.05) is 34.0 Å². The smallest absolute Gasteiger partial charge is 0.170 e. The van der Waals surface area contributed by atoms with Gasteiger partial charge in [-0.1, -0.05) is 6.07 Å². The Hall–Kier alpha value is -1.96. The monoisotopic (exact) mass is 360 g/mol. The zero-order valence-electron chi connectivity index (χ0n) is 14.6. The van der Waals surface area contributed by atoms with Crippen molar-refractivity contribution in [3.8, 4) is 0 Å². The Morgan fingerprint density at radius 2 is 1.92 bits per heavy atom. The molecule has 0 spiro atoms. The van der Waals surface area contributed by atoms with Crippen LogP contribution in [0.2, 0.25) is 0 Å². The number of ether oxygens (including phenoxy) is 2. The number of hydrogen-bond donors (Lipinski definition) is 1. The summed E-state index contributed by atoms with van der Waals surface area (Å²) < 4.78 is 12.8. The number of nitrogens with zero attached hydrogens (tertiary/aromatic N) is 3. The van der Waals surface area contributed by atoms with Gasteiger partial charge in [-0.15, -0.1) is 0 Å². The van der Waals surface area contributed by atoms with Crippen molar-refractivity contribution < 1.29 is 9.47 Å². The Labute approximate surface area is 153 Å². The lowest BCUT2D eigenvalue weighted by Gasteiger charge is -2.28. The third-order valence-corrected chi connectivity index (χ3v) is 4.79. The predicted octanol–water partition coefficient (Wildman–Crippen LogP) is 2.15. The van der Waals surface area contributed by atoms with E-state index in [1.54, 1.807) is 14.2 Å². The molecular formula is C18H24N4O2S. The molecular weight excluding hydrogens is 336 g/mol. The van der Waals surface area contributed by atoms with Gasteiger partial charge in [0.15, 0.2) is 5.11 Å². The van der Waals surface area contributed by atoms with Crippen LogP contribution in [0.25, 0.3) is 0 Å². The largest absolute Gasteiger partial charge is 0.383 e. The van der Waals surface area contributed by atoms with Crippen molar-refractivity contribution in [1.82, 2.24) is 19.8 Å². The molecule has 2 atom stereocenters. The van der Waals surface area contributed by atoms with Crippen LogP contribution in [0, 0.1) is 0 Å². The van der Waals surface area contributed by atoms with Crippen LogP contribution >= 0.6 is 12.2 Å². The Morgan fingerprint density at radius 3 is 2.64 bits per heavy atom. The molecule has 7 heteroatoms. The molecule has 1 N–H and O–H groups in total. The zero-order chi connectivity index (χ0) is 17.6. The summed E-state index contributed by atoms with van der Waals surface area (Å²) in [6, 6.07) is 10.2. The summed E-state index contributed by atoms with van der Waals surface area (Å²) in [5.74, 6) is 0. The molecule has 1 saturated heterocycles. The molecule has 3 heterocycles. The maximum absolute atomic E-state index is 5.61. The fraction of sp³-hybridized carbons (Fsp3) is 0.444. The minimum atomic E-state index is 0.00162. The summed E-state index contributed by atoms with van der Waals surface area (Å²) in [4.78, 5) is 6.74. The van der Waals surface area contributed by atoms with E-state index >= 15 is 0 Å². The van der Waals surface area contributed by atoms with Crippen molar-refractivity contribution in [3.05, 3.63) is 54.1 Å². The summed E-state index contributed by atoms with van der Waals surface area (Å²) in [7, 11) is 3.43. The highest BCUT2D eigenvalue weighted by atomic mass is 32.1. The molecule has 0 aromatic carbocycles. The van der Waals surface area contributed by atoms with E-state index in [0.717, 1.165) is 23.9 Å². The number of rotatable bonds is 8. The van der Waals surface area contributed by atoms with Crippen molar-refractivity contribution in [2.24, 2.45) is 0 Å². The molecule has 6 nitrogen and oxygen atoms in total. The number of nitrogens with one attached hydrogen (secondary N) is 1. The van der Waals surface area contributed by atoms with Crippen LogP contribution in [0.15, 0.2) is 42.7 Å². The van der Waals surface area contributed by atoms with Crippen molar-refractivity contribution in [2.45, 2.75) is 18.6 Å². The highest BCUT2D eigenvalue weighted by molar-refractivity contribution is 7.80. The summed E-state index contributed by atoms with van der Waals surface area (Å²) in [6.45, 7) is 2.81. The Kier molecular flexibility index (Phi) is 6.01. The van der Waals surface area contributed by atoms with Gasteiger partial charge in [0.05, 0.1) is 31.0 Å². The highest BCUT2D eigenvalue weighted by Crippen LogP contribution is 2.38. The molecule has 0 amide bonds. The SMILES string of the molecule is COCCN1C(=S)N[C@@H](c2ccccn2)[C@@H]1c1cccn1CCOC. The second-order valence-electron chi connectivity index (χ2n) is 5.93. The van der Waals surface area contributed by atoms with E-state index in [-0.39, 0.29) is 12.1 Å². The lowest BCUT2D eigenvalue weighted by atomic mass is 10.0. The van der Waals surface area contributed by atoms with E-state index in [0.29, 0.717) is 13.2 Å². The first kappa shape index (κ1) is 17.8. The Balaban J connectivity index is 1.96. The van der Waals surface area contributed by atoms with E-state index in [2.05, 4.69) is 38.1 Å². The molecule has 0 bridgehead atoms. The summed E-state index contributed by atoms with van der Waals surface area (Å²) in [5, 5.41) is 4.18. The van der Waals surface area contributed by atoms with Gasteiger partial charge in [0.25, 0.3) is 0 Å². The number of hydrogen-bond acceptors (Lipinski definition) is 4. The quantitative estimate of drug-likeness (QED) is 0.728. The van der Waals surface area contributed by atoms with Crippen LogP contribution in [-0.4, -0.2) is 53.5 Å². The molecule has 0 aliphatic carbocycles. The molecule has 1 aliphatic heterocycles. The maximum atomic E-state index is 5.61. The molecule has 0 radical (unpaired) electrons. The van der Waals surface area contributed by atoms with Crippen LogP contribution in [0.5, 0.6) is 0 Å². The zero-order valence-corrected chi connectivity index (χ0v) is 15.4. The van der Waals surface area contributed by atoms with Gasteiger partial charge in [-0.25, -0.2) is 0 Å². The molecule has 25 heavy (non-hydrogen) atoms. The van der Waals surface area contributed by atoms with Gasteiger partial charge in [0, 0.05) is 45.4 Å². The van der Waals surface area contributed by atoms with Gasteiger partial charge in [-0.2, -0.15) is 0 Å². The van der Waals surface area contributed by atoms with Gasteiger partial charge < -0.3 is 24.3 Å². The Bertz CT molecular complexity index is 691. The Morgan fingerprint density at radius 1 is 1.12 bits per heavy atom. The standard InChI is InChI=1S/C18H24N4O2S/c1-23-12-10-21-9-5-7-15(21)17-16(14-6-3-4-8-19-14)20-18(25)22(17)11-13-24-2/h3-9,16-17H,10-13H2,1-2H3,(H,20,25)/t16-,17-/m0/s1. The fourth-order valence-corrected chi connectivity index (χ4v) is 3.58. The van der Waals surface area contributed by atoms with Crippen LogP contribution < -0.4 is 5.32 Å². The normalized spacial score (nSPS) is 20.1. The van der Waals surface area contributed by atoms with Gasteiger partial charge in [0.1, 0.15) is 0 Å². The number of thiocarbonyl (C=S) groups is 1. The highest BCUT2D eigenvalue weighted by Gasteiger charge is 2.40. The molecule has 1 aliphatic rings. The van der Waals surface area contributed by atoms with E-state index in [4.69, 9.17) is 21.7 Å². The van der Waals surface area contributed by atoms with E-state index in [9.17, 15) is 0 Å². The topological polar surface area (TPSA) is 51.5 Å². The molecule has 0 unspecified atom stereocenters. The lowest BCUT2D eigenvalue weighted by Crippen LogP contribution is -2.33. The van der Waals surface area contributed by atoms with Gasteiger partial charge in [-0.3, -0.25) is 4.98 Å². The number of aromatic nitrogens is 2. The first-order valence-corrected chi connectivity index (χ1v) is 8.78. The average molecular weight is 360 g/mol. The summed E-state index contributed by atoms with van der Waals surface area (Å²) in [5.41, 5.74) is 2.17. The average Bonchev–Trinajstić information content (AvgIpc) is 3.22. The third kappa shape index (κ3) is 3.84. The van der Waals surface area contributed by atoms with Crippen molar-refractivity contribution in [3.63, 3.8) is 0 Å². The molecule has 1 fully saturated rings. The van der Waals surface area contributed by atoms with E-state index in [1.165, 1.54) is 5.69 Å². The summed E-state index contributed by atoms with van der Waals surface area (Å²) >= 11 is 5.61. The van der Waals surface area contributed by atoms with Crippen LogP contribution in [0.4, 0.5) is 0 Å². The molecule has 3 rings (SSSR count). The van der Waals surface area contributed by atoms with Gasteiger partial charge in [0.2, 0.25) is 0 Å². The molecule has 134 valence electrons. The van der Waals surface area contributed by atoms with Gasteiger partial charge >= 0.3 is 0 Å². The first-order valence-electron chi connectivity index (χ1n) is 8.37. The van der Waals surface area contributed by atoms with E-state index < -0.39 is 0 Å². The van der Waals surface area contributed by atoms with Crippen LogP contribution in [-0.2, 0) is 16.0 Å². The third-order valence-electron chi connectivity index (χ3n) is 4.44. The summed E-state index contributed by atoms with van der Waals surface area (Å²) in [6.07, 6.45) is 3.90. The van der Waals surface area contributed by atoms with Crippen LogP contribution in [0.3, 0.4) is 0 Å². The van der Waals surface area contributed by atoms with Crippen LogP contribution in [0.1, 0.15) is 23.5 Å². The van der Waals surface area contributed by atoms with Gasteiger partial charge in [-0.05, 0) is 36.5 Å². The number of pyridine rings is 1. The molecule has 2 aromatic rings. The van der Waals surface area contributed by atoms with Crippen molar-refractivity contribution in [1.29, 1.82) is 0 Å². The predicted molar refractivity (Wildman–Crippen MR) is 100 cm³/mol. The second kappa shape index (κ2) is 8.42. The lowest BCUT2D eigenvalue weighted by molar-refractivity contribution is 0.159. The number of methoxy groups -OCH3 is 2. The van der Waals surface area contributed by atoms with E-state index in [1.807, 2.05) is 24.4 Å². The fourth-order valence-electron chi connectivity index (χ4n) is 3.25. The maximum Gasteiger partial charge on any atom is 0.170 e. The second-order valence-corrected chi connectivity index (χ2v) is 6.32. The minimum Gasteiger partial charge on any atom is -0.383 e. The molecule has 2 aromatic heterocycles. The minimum absolute atomic E-state index is 0.00162. The first-order chi connectivity index (χ1) is 12.3. The molecule has 0 saturated carbocycles. The van der Waals surface area contributed by atoms with Crippen molar-refractivity contribution >= 4 is 17.3 Å².